The molecule has 0 aromatic heterocycles. The first-order valence-electron chi connectivity index (χ1n) is 4.69. The number of hydrogen-bond donors (Lipinski definition) is 0. The molecule has 0 fully saturated rings. The monoisotopic (exact) mass is 345 g/mol. The second-order valence-corrected chi connectivity index (χ2v) is 26.3. The van der Waals surface area contributed by atoms with E-state index in [4.69, 9.17) is 0 Å². The maximum absolute atomic E-state index is 11.4. The summed E-state index contributed by atoms with van der Waals surface area (Å²) in [6, 6.07) is 0. The van der Waals surface area contributed by atoms with E-state index in [1.165, 1.54) is 0 Å². The molecule has 0 atom stereocenters. The van der Waals surface area contributed by atoms with Crippen LogP contribution in [0.15, 0.2) is 0 Å². The van der Waals surface area contributed by atoms with Crippen LogP contribution >= 0.6 is 0 Å². The van der Waals surface area contributed by atoms with Crippen LogP contribution in [0.25, 0.3) is 0 Å². The van der Waals surface area contributed by atoms with Gasteiger partial charge in [-0.3, -0.25) is 0 Å². The molecule has 14 heavy (non-hydrogen) atoms. The second-order valence-electron chi connectivity index (χ2n) is 5.16. The van der Waals surface area contributed by atoms with E-state index in [1.807, 2.05) is 0 Å². The van der Waals surface area contributed by atoms with Gasteiger partial charge >= 0.3 is 90.1 Å². The van der Waals surface area contributed by atoms with Crippen molar-refractivity contribution < 1.29 is 39.4 Å². The van der Waals surface area contributed by atoms with Gasteiger partial charge in [-0.05, 0) is 0 Å². The predicted molar refractivity (Wildman–Crippen MR) is 57.8 cm³/mol. The third-order valence-corrected chi connectivity index (χ3v) is 6.97. The van der Waals surface area contributed by atoms with Crippen LogP contribution in [-0.4, -0.2) is 11.6 Å². The fourth-order valence-corrected chi connectivity index (χ4v) is 3.79. The van der Waals surface area contributed by atoms with Crippen molar-refractivity contribution in [2.75, 3.05) is 0 Å². The quantitative estimate of drug-likeness (QED) is 0.690. The van der Waals surface area contributed by atoms with Crippen LogP contribution in [0.1, 0.15) is 26.2 Å². The van der Waals surface area contributed by atoms with Crippen molar-refractivity contribution in [2.45, 2.75) is 39.2 Å². The Bertz CT molecular complexity index is 226. The van der Waals surface area contributed by atoms with Crippen molar-refractivity contribution in [1.29, 1.82) is 0 Å². The molecule has 0 aliphatic carbocycles. The van der Waals surface area contributed by atoms with E-state index in [2.05, 4.69) is 10.8 Å². The summed E-state index contributed by atoms with van der Waals surface area (Å²) in [5.74, 6) is 0.198. The van der Waals surface area contributed by atoms with Crippen LogP contribution in [0.3, 0.4) is 0 Å². The molecule has 87 valence electrons. The molecule has 0 aromatic carbocycles. The molecule has 0 aliphatic heterocycles. The van der Waals surface area contributed by atoms with Gasteiger partial charge in [-0.25, -0.2) is 0 Å². The normalized spacial score (nSPS) is 14.5. The third-order valence-electron chi connectivity index (χ3n) is 1.86. The molecule has 0 heterocycles. The summed E-state index contributed by atoms with van der Waals surface area (Å²) in [7, 11) is 0. The Kier molecular flexibility index (Phi) is 5.38. The number of hydrogen-bond acceptors (Lipinski definition) is 2. The van der Waals surface area contributed by atoms with E-state index in [-0.39, 0.29) is 18.0 Å². The van der Waals surface area contributed by atoms with Crippen LogP contribution in [-0.2, 0) is 9.59 Å². The van der Waals surface area contributed by atoms with Gasteiger partial charge in [-0.15, -0.1) is 0 Å². The summed E-state index contributed by atoms with van der Waals surface area (Å²) in [4.78, 5) is 22.4. The molecule has 0 amide bonds. The van der Waals surface area contributed by atoms with Crippen molar-refractivity contribution in [3.8, 4) is 0 Å². The van der Waals surface area contributed by atoms with Crippen molar-refractivity contribution in [3.63, 3.8) is 0 Å². The zero-order valence-electron chi connectivity index (χ0n) is 10.00. The molecule has 0 unspecified atom stereocenters. The topological polar surface area (TPSA) is 34.1 Å². The molecule has 0 aromatic rings. The standard InChI is InChI=1S/C7H11O2.4CH3.Gd/c1-3-6(8)5-7(9)4-2;;;;;/h1,3-5H2,2H3;4*1H3;. The van der Waals surface area contributed by atoms with Gasteiger partial charge in [0.25, 0.3) is 0 Å². The Morgan fingerprint density at radius 3 is 1.86 bits per heavy atom. The molecule has 2 nitrogen and oxygen atoms in total. The number of Topliss-reactive ketones (excluding diaryl/α,β-unsaturated/α-hetero) is 2. The average molecular weight is 345 g/mol. The molecule has 0 saturated heterocycles. The van der Waals surface area contributed by atoms with E-state index < -0.39 is 29.8 Å². The van der Waals surface area contributed by atoms with Crippen LogP contribution in [0, 0.1) is 29.8 Å². The molecular formula is C11H23GdO2. The Morgan fingerprint density at radius 1 is 1.00 bits per heavy atom. The molecular weight excluding hydrogens is 321 g/mol. The Balaban J connectivity index is 3.93. The Labute approximate surface area is 89.1 Å². The summed E-state index contributed by atoms with van der Waals surface area (Å²) in [5.41, 5.74) is 0. The molecule has 0 radical (unpaired) electrons. The summed E-state index contributed by atoms with van der Waals surface area (Å²) >= 11 is -2.26. The van der Waals surface area contributed by atoms with Crippen LogP contribution < -0.4 is 0 Å². The fraction of sp³-hybridized carbons (Fsp3) is 0.818. The summed E-state index contributed by atoms with van der Waals surface area (Å²) in [5, 5.41) is 0. The molecule has 0 saturated carbocycles. The van der Waals surface area contributed by atoms with Gasteiger partial charge in [-0.2, -0.15) is 0 Å². The Hall–Kier alpha value is 0.665. The van der Waals surface area contributed by atoms with E-state index in [0.29, 0.717) is 12.8 Å². The zero-order chi connectivity index (χ0) is 11.4. The molecule has 0 N–H and O–H groups in total. The average Bonchev–Trinajstić information content (AvgIpc) is 1.98. The van der Waals surface area contributed by atoms with Crippen molar-refractivity contribution in [1.82, 2.24) is 0 Å². The van der Waals surface area contributed by atoms with Crippen LogP contribution in [0.4, 0.5) is 0 Å². The van der Waals surface area contributed by atoms with Gasteiger partial charge in [0.05, 0.1) is 0 Å². The van der Waals surface area contributed by atoms with Gasteiger partial charge in [0.1, 0.15) is 0 Å². The fourth-order valence-electron chi connectivity index (χ4n) is 0.885. The molecule has 0 aliphatic rings. The van der Waals surface area contributed by atoms with E-state index >= 15 is 0 Å². The summed E-state index contributed by atoms with van der Waals surface area (Å²) in [6.45, 7) is 1.80. The number of rotatable bonds is 6. The minimum absolute atomic E-state index is 0.0720. The first-order chi connectivity index (χ1) is 6.10. The van der Waals surface area contributed by atoms with Crippen molar-refractivity contribution >= 4 is 11.6 Å². The van der Waals surface area contributed by atoms with Crippen LogP contribution in [0.5, 0.6) is 0 Å². The molecule has 3 heteroatoms. The first kappa shape index (κ1) is 14.7. The number of carbonyl (C=O) groups excluding carboxylic acids is 2. The van der Waals surface area contributed by atoms with E-state index in [9.17, 15) is 9.59 Å². The summed E-state index contributed by atoms with van der Waals surface area (Å²) in [6.07, 6.45) is 1.24. The van der Waals surface area contributed by atoms with Gasteiger partial charge in [0, 0.05) is 0 Å². The number of carbonyl (C=O) groups is 2. The third kappa shape index (κ3) is 9.23. The SMILES string of the molecule is CCC(=O)CC(=O)C[CH2][Gd]([CH3])([CH3])([CH3])[CH3]. The summed E-state index contributed by atoms with van der Waals surface area (Å²) < 4.78 is 10.3. The van der Waals surface area contributed by atoms with Gasteiger partial charge in [-0.1, -0.05) is 0 Å². The van der Waals surface area contributed by atoms with Crippen molar-refractivity contribution in [2.24, 2.45) is 0 Å². The van der Waals surface area contributed by atoms with Gasteiger partial charge in [0.2, 0.25) is 0 Å². The molecule has 0 spiro atoms. The first-order valence-corrected chi connectivity index (χ1v) is 15.4. The second kappa shape index (κ2) is 5.13. The molecule has 0 rings (SSSR count). The predicted octanol–water partition coefficient (Wildman–Crippen LogP) is 3.62. The van der Waals surface area contributed by atoms with Crippen LogP contribution in [0.2, 0.25) is 13.0 Å². The van der Waals surface area contributed by atoms with Gasteiger partial charge in [0.15, 0.2) is 0 Å². The van der Waals surface area contributed by atoms with Crippen molar-refractivity contribution in [3.05, 3.63) is 0 Å². The van der Waals surface area contributed by atoms with E-state index in [0.717, 1.165) is 2.20 Å². The Morgan fingerprint density at radius 2 is 1.50 bits per heavy atom. The molecule has 0 bridgehead atoms. The number of ketones is 2. The maximum atomic E-state index is 11.4. The minimum atomic E-state index is -2.26. The zero-order valence-corrected chi connectivity index (χ0v) is 12.3. The van der Waals surface area contributed by atoms with Gasteiger partial charge < -0.3 is 0 Å². The van der Waals surface area contributed by atoms with E-state index in [1.54, 1.807) is 6.92 Å².